The lowest BCUT2D eigenvalue weighted by molar-refractivity contribution is 0.0696. The van der Waals surface area contributed by atoms with E-state index in [-0.39, 0.29) is 27.4 Å². The maximum atomic E-state index is 15.0. The highest BCUT2D eigenvalue weighted by atomic mass is 35.5. The van der Waals surface area contributed by atoms with E-state index in [1.165, 1.54) is 48.5 Å². The predicted octanol–water partition coefficient (Wildman–Crippen LogP) is 8.87. The van der Waals surface area contributed by atoms with Gasteiger partial charge in [-0.2, -0.15) is 4.31 Å². The fourth-order valence-corrected chi connectivity index (χ4v) is 6.79. The summed E-state index contributed by atoms with van der Waals surface area (Å²) in [6.45, 7) is 9.95. The van der Waals surface area contributed by atoms with Crippen LogP contribution in [0.3, 0.4) is 0 Å². The van der Waals surface area contributed by atoms with Crippen LogP contribution in [0, 0.1) is 29.1 Å². The topological polar surface area (TPSA) is 95.0 Å². The van der Waals surface area contributed by atoms with Gasteiger partial charge in [-0.25, -0.2) is 35.2 Å². The lowest BCUT2D eigenvalue weighted by atomic mass is 9.79. The van der Waals surface area contributed by atoms with Gasteiger partial charge in [-0.15, -0.1) is 0 Å². The van der Waals surface area contributed by atoms with Gasteiger partial charge in [0.05, 0.1) is 5.56 Å². The van der Waals surface area contributed by atoms with Crippen LogP contribution < -0.4 is 4.90 Å². The van der Waals surface area contributed by atoms with E-state index in [1.807, 2.05) is 47.6 Å². The van der Waals surface area contributed by atoms with Crippen molar-refractivity contribution in [1.29, 1.82) is 0 Å². The summed E-state index contributed by atoms with van der Waals surface area (Å²) in [7, 11) is -5.48. The summed E-state index contributed by atoms with van der Waals surface area (Å²) in [5.41, 5.74) is 1.32. The number of hydrogen-bond donors (Lipinski definition) is 1. The highest BCUT2D eigenvalue weighted by Crippen LogP contribution is 2.33. The van der Waals surface area contributed by atoms with Gasteiger partial charge in [0.25, 0.3) is 5.91 Å². The number of anilines is 1. The molecule has 272 valence electrons. The van der Waals surface area contributed by atoms with E-state index in [4.69, 9.17) is 11.6 Å². The molecule has 0 saturated heterocycles. The molecule has 4 aromatic rings. The maximum absolute atomic E-state index is 15.0. The Morgan fingerprint density at radius 3 is 1.61 bits per heavy atom. The lowest BCUT2D eigenvalue weighted by Gasteiger charge is -2.30. The monoisotopic (exact) mass is 750 g/mol. The Balaban J connectivity index is 1.88. The Morgan fingerprint density at radius 1 is 0.686 bits per heavy atom. The maximum Gasteiger partial charge on any atom is 0.335 e. The number of amides is 1. The number of sulfonamides is 1. The van der Waals surface area contributed by atoms with E-state index in [0.29, 0.717) is 4.31 Å². The largest absolute Gasteiger partial charge is 0.478 e. The van der Waals surface area contributed by atoms with Crippen LogP contribution in [0.4, 0.5) is 27.6 Å². The first-order valence-electron chi connectivity index (χ1n) is 15.6. The Hall–Kier alpha value is -4.33. The van der Waals surface area contributed by atoms with Crippen molar-refractivity contribution in [3.63, 3.8) is 0 Å². The Labute approximate surface area is 298 Å². The number of carboxylic acid groups (broad SMARTS) is 1. The number of carbonyl (C=O) groups excluding carboxylic acids is 1. The molecule has 0 atom stereocenters. The number of nitrogens with zero attached hydrogens (tertiary/aromatic N) is 2. The molecule has 0 spiro atoms. The van der Waals surface area contributed by atoms with Gasteiger partial charge in [0.2, 0.25) is 15.8 Å². The number of halogens is 6. The molecule has 1 amide bonds. The van der Waals surface area contributed by atoms with Gasteiger partial charge in [0.15, 0.2) is 28.2 Å². The van der Waals surface area contributed by atoms with Crippen LogP contribution in [-0.4, -0.2) is 42.8 Å². The summed E-state index contributed by atoms with van der Waals surface area (Å²) in [5, 5.41) is 9.73. The fourth-order valence-electron chi connectivity index (χ4n) is 5.13. The normalized spacial score (nSPS) is 12.3. The zero-order valence-corrected chi connectivity index (χ0v) is 30.2. The molecule has 0 unspecified atom stereocenters. The summed E-state index contributed by atoms with van der Waals surface area (Å²) in [5.74, 6) is -14.4. The zero-order valence-electron chi connectivity index (χ0n) is 28.6. The van der Waals surface area contributed by atoms with Crippen molar-refractivity contribution in [1.82, 2.24) is 4.31 Å². The second kappa shape index (κ2) is 14.7. The molecule has 0 saturated carbocycles. The van der Waals surface area contributed by atoms with Crippen LogP contribution in [0.15, 0.2) is 71.6 Å². The van der Waals surface area contributed by atoms with Crippen LogP contribution in [0.25, 0.3) is 0 Å². The molecule has 4 rings (SSSR count). The van der Waals surface area contributed by atoms with Crippen LogP contribution in [0.1, 0.15) is 78.9 Å². The second-order valence-electron chi connectivity index (χ2n) is 14.0. The van der Waals surface area contributed by atoms with E-state index >= 15 is 0 Å². The molecular formula is C37H36ClF5N2O5S. The summed E-state index contributed by atoms with van der Waals surface area (Å²) in [6, 6.07) is 16.1. The number of carboxylic acids is 1. The smallest absolute Gasteiger partial charge is 0.335 e. The molecule has 51 heavy (non-hydrogen) atoms. The highest BCUT2D eigenvalue weighted by molar-refractivity contribution is 7.89. The average Bonchev–Trinajstić information content (AvgIpc) is 3.05. The van der Waals surface area contributed by atoms with Crippen molar-refractivity contribution in [2.24, 2.45) is 0 Å². The summed E-state index contributed by atoms with van der Waals surface area (Å²) < 4.78 is 101. The van der Waals surface area contributed by atoms with Crippen molar-refractivity contribution in [3.8, 4) is 0 Å². The van der Waals surface area contributed by atoms with Gasteiger partial charge in [-0.3, -0.25) is 4.79 Å². The summed E-state index contributed by atoms with van der Waals surface area (Å²) >= 11 is 5.97. The number of hydrogen-bond acceptors (Lipinski definition) is 4. The molecule has 0 bridgehead atoms. The molecule has 4 aromatic carbocycles. The van der Waals surface area contributed by atoms with E-state index in [9.17, 15) is 45.1 Å². The van der Waals surface area contributed by atoms with Crippen molar-refractivity contribution >= 4 is 39.2 Å². The molecule has 0 radical (unpaired) electrons. The molecule has 0 aliphatic carbocycles. The zero-order chi connectivity index (χ0) is 38.2. The van der Waals surface area contributed by atoms with E-state index in [1.54, 1.807) is 12.1 Å². The van der Waals surface area contributed by atoms with Gasteiger partial charge < -0.3 is 10.0 Å². The number of rotatable bonds is 10. The minimum atomic E-state index is -5.48. The molecule has 0 aliphatic heterocycles. The second-order valence-corrected chi connectivity index (χ2v) is 16.3. The molecule has 0 aromatic heterocycles. The first-order chi connectivity index (χ1) is 23.5. The van der Waals surface area contributed by atoms with E-state index in [2.05, 4.69) is 0 Å². The molecule has 0 fully saturated rings. The van der Waals surface area contributed by atoms with Crippen LogP contribution in [0.2, 0.25) is 5.02 Å². The predicted molar refractivity (Wildman–Crippen MR) is 184 cm³/mol. The van der Waals surface area contributed by atoms with Crippen molar-refractivity contribution in [2.75, 3.05) is 18.0 Å². The van der Waals surface area contributed by atoms with Crippen molar-refractivity contribution < 1.29 is 45.1 Å². The molecular weight excluding hydrogens is 715 g/mol. The third-order valence-electron chi connectivity index (χ3n) is 8.20. The van der Waals surface area contributed by atoms with Gasteiger partial charge in [-0.05, 0) is 76.1 Å². The van der Waals surface area contributed by atoms with Gasteiger partial charge >= 0.3 is 5.97 Å². The van der Waals surface area contributed by atoms with Crippen LogP contribution >= 0.6 is 11.6 Å². The van der Waals surface area contributed by atoms with Gasteiger partial charge in [0.1, 0.15) is 0 Å². The first kappa shape index (κ1) is 39.5. The van der Waals surface area contributed by atoms with Gasteiger partial charge in [0, 0.05) is 35.9 Å². The average molecular weight is 751 g/mol. The Bertz CT molecular complexity index is 2020. The summed E-state index contributed by atoms with van der Waals surface area (Å²) in [6.07, 6.45) is 0. The Morgan fingerprint density at radius 2 is 1.16 bits per heavy atom. The quantitative estimate of drug-likeness (QED) is 0.0993. The first-order valence-corrected chi connectivity index (χ1v) is 17.4. The third-order valence-corrected chi connectivity index (χ3v) is 10.3. The number of carbonyl (C=O) groups is 2. The summed E-state index contributed by atoms with van der Waals surface area (Å²) in [4.78, 5) is 25.1. The lowest BCUT2D eigenvalue weighted by Crippen LogP contribution is -2.41. The minimum Gasteiger partial charge on any atom is -0.478 e. The number of aromatic carboxylic acids is 1. The SMILES string of the molecule is CC(C)(C)c1cc(C(=O)N(CCN(Cc2ccc(Cl)cc2)S(=O)(=O)c2c(F)c(F)c(F)c(F)c2F)c2ccc(C(=O)O)cc2)cc(C(C)(C)C)c1. The van der Waals surface area contributed by atoms with Crippen LogP contribution in [0.5, 0.6) is 0 Å². The Kier molecular flexibility index (Phi) is 11.4. The van der Waals surface area contributed by atoms with E-state index in [0.717, 1.165) is 16.0 Å². The highest BCUT2D eigenvalue weighted by Gasteiger charge is 2.38. The van der Waals surface area contributed by atoms with Crippen molar-refractivity contribution in [3.05, 3.63) is 129 Å². The van der Waals surface area contributed by atoms with Crippen molar-refractivity contribution in [2.45, 2.75) is 63.8 Å². The van der Waals surface area contributed by atoms with Crippen LogP contribution in [-0.2, 0) is 27.4 Å². The minimum absolute atomic E-state index is 0.103. The van der Waals surface area contributed by atoms with E-state index < -0.39 is 86.3 Å². The number of benzene rings is 4. The molecule has 7 nitrogen and oxygen atoms in total. The molecule has 0 heterocycles. The molecule has 0 aliphatic rings. The molecule has 1 N–H and O–H groups in total. The standard InChI is InChI=1S/C37H36ClF5N2O5S/c1-36(2,3)24-17-23(18-25(19-24)37(4,5)6)34(46)45(27-13-9-22(10-14-27)35(47)48)16-15-44(20-21-7-11-26(38)12-8-21)51(49,50)33-31(42)29(40)28(39)30(41)32(33)43/h7-14,17-19H,15-16,20H2,1-6H3,(H,47,48). The molecule has 14 heteroatoms. The van der Waals surface area contributed by atoms with Gasteiger partial charge in [-0.1, -0.05) is 71.3 Å². The third kappa shape index (κ3) is 8.59. The fraction of sp³-hybridized carbons (Fsp3) is 0.297.